The number of hydrogen-bond donors (Lipinski definition) is 1. The smallest absolute Gasteiger partial charge is 0.270 e. The summed E-state index contributed by atoms with van der Waals surface area (Å²) in [5.41, 5.74) is 6.65. The molecule has 0 radical (unpaired) electrons. The standard InChI is InChI=1S/C11H15ClN2O3/c1-17-7-9(13)4-2-8-3-5-10(14(15)16)6-11(8)12/h3,5-6,9H,2,4,7,13H2,1H3. The average molecular weight is 259 g/mol. The minimum atomic E-state index is -0.466. The van der Waals surface area contributed by atoms with Gasteiger partial charge in [-0.15, -0.1) is 0 Å². The number of benzene rings is 1. The summed E-state index contributed by atoms with van der Waals surface area (Å²) >= 11 is 5.96. The van der Waals surface area contributed by atoms with Crippen molar-refractivity contribution in [3.8, 4) is 0 Å². The number of nitro groups is 1. The largest absolute Gasteiger partial charge is 0.383 e. The number of non-ortho nitro benzene ring substituents is 1. The van der Waals surface area contributed by atoms with Crippen molar-refractivity contribution in [3.05, 3.63) is 38.9 Å². The molecule has 0 fully saturated rings. The topological polar surface area (TPSA) is 78.4 Å². The van der Waals surface area contributed by atoms with Crippen molar-refractivity contribution in [2.75, 3.05) is 13.7 Å². The van der Waals surface area contributed by atoms with Gasteiger partial charge in [0.15, 0.2) is 0 Å². The molecule has 0 bridgehead atoms. The van der Waals surface area contributed by atoms with Gasteiger partial charge >= 0.3 is 0 Å². The highest BCUT2D eigenvalue weighted by atomic mass is 35.5. The first-order chi connectivity index (χ1) is 8.04. The Balaban J connectivity index is 2.63. The number of nitrogens with zero attached hydrogens (tertiary/aromatic N) is 1. The van der Waals surface area contributed by atoms with Crippen LogP contribution in [0, 0.1) is 10.1 Å². The second kappa shape index (κ2) is 6.54. The Morgan fingerprint density at radius 3 is 2.82 bits per heavy atom. The van der Waals surface area contributed by atoms with Crippen molar-refractivity contribution < 1.29 is 9.66 Å². The molecule has 1 aromatic rings. The molecule has 0 aliphatic heterocycles. The van der Waals surface area contributed by atoms with Gasteiger partial charge in [0, 0.05) is 25.3 Å². The lowest BCUT2D eigenvalue weighted by molar-refractivity contribution is -0.384. The summed E-state index contributed by atoms with van der Waals surface area (Å²) in [5.74, 6) is 0. The summed E-state index contributed by atoms with van der Waals surface area (Å²) in [6, 6.07) is 4.42. The molecule has 1 atom stereocenters. The molecule has 6 heteroatoms. The van der Waals surface area contributed by atoms with E-state index in [2.05, 4.69) is 0 Å². The van der Waals surface area contributed by atoms with E-state index < -0.39 is 4.92 Å². The van der Waals surface area contributed by atoms with E-state index in [1.54, 1.807) is 13.2 Å². The number of halogens is 1. The maximum atomic E-state index is 10.5. The molecule has 0 aliphatic carbocycles. The van der Waals surface area contributed by atoms with Crippen LogP contribution in [0.15, 0.2) is 18.2 Å². The Morgan fingerprint density at radius 2 is 2.29 bits per heavy atom. The molecule has 0 aliphatic rings. The third kappa shape index (κ3) is 4.30. The van der Waals surface area contributed by atoms with E-state index in [1.807, 2.05) is 0 Å². The third-order valence-electron chi connectivity index (χ3n) is 2.41. The molecule has 94 valence electrons. The number of rotatable bonds is 6. The number of methoxy groups -OCH3 is 1. The van der Waals surface area contributed by atoms with Crippen molar-refractivity contribution >= 4 is 17.3 Å². The highest BCUT2D eigenvalue weighted by molar-refractivity contribution is 6.31. The highest BCUT2D eigenvalue weighted by Crippen LogP contribution is 2.23. The van der Waals surface area contributed by atoms with Crippen LogP contribution in [0.2, 0.25) is 5.02 Å². The fraction of sp³-hybridized carbons (Fsp3) is 0.455. The van der Waals surface area contributed by atoms with Crippen LogP contribution in [0.25, 0.3) is 0 Å². The lowest BCUT2D eigenvalue weighted by Crippen LogP contribution is -2.26. The molecule has 0 heterocycles. The summed E-state index contributed by atoms with van der Waals surface area (Å²) in [4.78, 5) is 10.1. The van der Waals surface area contributed by atoms with Crippen molar-refractivity contribution in [2.45, 2.75) is 18.9 Å². The Kier molecular flexibility index (Phi) is 5.34. The van der Waals surface area contributed by atoms with Crippen molar-refractivity contribution in [2.24, 2.45) is 5.73 Å². The monoisotopic (exact) mass is 258 g/mol. The van der Waals surface area contributed by atoms with E-state index >= 15 is 0 Å². The third-order valence-corrected chi connectivity index (χ3v) is 2.76. The molecular formula is C11H15ClN2O3. The second-order valence-electron chi connectivity index (χ2n) is 3.79. The summed E-state index contributed by atoms with van der Waals surface area (Å²) in [7, 11) is 1.60. The summed E-state index contributed by atoms with van der Waals surface area (Å²) < 4.78 is 4.93. The molecule has 1 rings (SSSR count). The van der Waals surface area contributed by atoms with Gasteiger partial charge in [0.1, 0.15) is 0 Å². The van der Waals surface area contributed by atoms with Gasteiger partial charge in [-0.25, -0.2) is 0 Å². The van der Waals surface area contributed by atoms with Crippen LogP contribution in [0.4, 0.5) is 5.69 Å². The first-order valence-electron chi connectivity index (χ1n) is 5.22. The van der Waals surface area contributed by atoms with Gasteiger partial charge in [0.25, 0.3) is 5.69 Å². The SMILES string of the molecule is COCC(N)CCc1ccc([N+](=O)[O-])cc1Cl. The molecular weight excluding hydrogens is 244 g/mol. The Morgan fingerprint density at radius 1 is 1.59 bits per heavy atom. The minimum absolute atomic E-state index is 0.0000556. The van der Waals surface area contributed by atoms with Gasteiger partial charge in [-0.2, -0.15) is 0 Å². The van der Waals surface area contributed by atoms with Crippen LogP contribution in [-0.2, 0) is 11.2 Å². The molecule has 5 nitrogen and oxygen atoms in total. The average Bonchev–Trinajstić information content (AvgIpc) is 2.27. The first kappa shape index (κ1) is 13.9. The summed E-state index contributed by atoms with van der Waals surface area (Å²) in [6.45, 7) is 0.491. The zero-order valence-electron chi connectivity index (χ0n) is 9.56. The van der Waals surface area contributed by atoms with Crippen LogP contribution < -0.4 is 5.73 Å². The molecule has 0 aromatic heterocycles. The van der Waals surface area contributed by atoms with E-state index in [-0.39, 0.29) is 11.7 Å². The molecule has 0 spiro atoms. The molecule has 0 saturated heterocycles. The molecule has 17 heavy (non-hydrogen) atoms. The number of nitro benzene ring substituents is 1. The van der Waals surface area contributed by atoms with Gasteiger partial charge in [-0.1, -0.05) is 17.7 Å². The molecule has 0 amide bonds. The highest BCUT2D eigenvalue weighted by Gasteiger charge is 2.10. The second-order valence-corrected chi connectivity index (χ2v) is 4.19. The normalized spacial score (nSPS) is 12.4. The zero-order valence-corrected chi connectivity index (χ0v) is 10.3. The lowest BCUT2D eigenvalue weighted by atomic mass is 10.1. The Labute approximate surface area is 105 Å². The zero-order chi connectivity index (χ0) is 12.8. The van der Waals surface area contributed by atoms with E-state index in [0.717, 1.165) is 12.0 Å². The fourth-order valence-electron chi connectivity index (χ4n) is 1.49. The Bertz CT molecular complexity index is 398. The molecule has 2 N–H and O–H groups in total. The fourth-order valence-corrected chi connectivity index (χ4v) is 1.76. The quantitative estimate of drug-likeness (QED) is 0.626. The molecule has 1 unspecified atom stereocenters. The van der Waals surface area contributed by atoms with Gasteiger partial charge in [0.05, 0.1) is 16.6 Å². The predicted molar refractivity (Wildman–Crippen MR) is 66.3 cm³/mol. The maximum absolute atomic E-state index is 10.5. The number of hydrogen-bond acceptors (Lipinski definition) is 4. The van der Waals surface area contributed by atoms with Crippen molar-refractivity contribution in [1.82, 2.24) is 0 Å². The Hall–Kier alpha value is -1.17. The predicted octanol–water partition coefficient (Wildman–Crippen LogP) is 2.15. The first-order valence-corrected chi connectivity index (χ1v) is 5.59. The van der Waals surface area contributed by atoms with Gasteiger partial charge in [-0.3, -0.25) is 10.1 Å². The van der Waals surface area contributed by atoms with Crippen molar-refractivity contribution in [3.63, 3.8) is 0 Å². The molecule has 0 saturated carbocycles. The number of nitrogens with two attached hydrogens (primary N) is 1. The van der Waals surface area contributed by atoms with Gasteiger partial charge in [0.2, 0.25) is 0 Å². The maximum Gasteiger partial charge on any atom is 0.270 e. The van der Waals surface area contributed by atoms with E-state index in [9.17, 15) is 10.1 Å². The van der Waals surface area contributed by atoms with E-state index in [0.29, 0.717) is 18.1 Å². The molecule has 1 aromatic carbocycles. The van der Waals surface area contributed by atoms with E-state index in [4.69, 9.17) is 22.1 Å². The number of aryl methyl sites for hydroxylation is 1. The van der Waals surface area contributed by atoms with Gasteiger partial charge in [-0.05, 0) is 18.4 Å². The van der Waals surface area contributed by atoms with Crippen LogP contribution in [0.3, 0.4) is 0 Å². The van der Waals surface area contributed by atoms with Crippen molar-refractivity contribution in [1.29, 1.82) is 0 Å². The lowest BCUT2D eigenvalue weighted by Gasteiger charge is -2.10. The minimum Gasteiger partial charge on any atom is -0.383 e. The number of ether oxygens (including phenoxy) is 1. The summed E-state index contributed by atoms with van der Waals surface area (Å²) in [6.07, 6.45) is 1.41. The van der Waals surface area contributed by atoms with Gasteiger partial charge < -0.3 is 10.5 Å². The van der Waals surface area contributed by atoms with Crippen LogP contribution >= 0.6 is 11.6 Å². The van der Waals surface area contributed by atoms with Crippen LogP contribution in [0.5, 0.6) is 0 Å². The summed E-state index contributed by atoms with van der Waals surface area (Å²) in [5, 5.41) is 10.9. The van der Waals surface area contributed by atoms with Crippen LogP contribution in [-0.4, -0.2) is 24.7 Å². The van der Waals surface area contributed by atoms with Crippen LogP contribution in [0.1, 0.15) is 12.0 Å². The van der Waals surface area contributed by atoms with E-state index in [1.165, 1.54) is 12.1 Å².